The number of carbonyl (C=O) groups excluding carboxylic acids is 1. The van der Waals surface area contributed by atoms with Crippen LogP contribution in [0.5, 0.6) is 0 Å². The van der Waals surface area contributed by atoms with E-state index < -0.39 is 0 Å². The van der Waals surface area contributed by atoms with E-state index in [4.69, 9.17) is 16.6 Å². The van der Waals surface area contributed by atoms with Gasteiger partial charge in [-0.05, 0) is 37.5 Å². The first kappa shape index (κ1) is 21.6. The van der Waals surface area contributed by atoms with Crippen LogP contribution in [0.2, 0.25) is 5.02 Å². The summed E-state index contributed by atoms with van der Waals surface area (Å²) in [5.41, 5.74) is 4.00. The zero-order valence-electron chi connectivity index (χ0n) is 18.4. The zero-order chi connectivity index (χ0) is 22.0. The predicted octanol–water partition coefficient (Wildman–Crippen LogP) is 4.00. The molecule has 0 spiro atoms. The first-order valence-corrected chi connectivity index (χ1v) is 11.2. The number of likely N-dealkylation sites (tertiary alicyclic amines) is 1. The van der Waals surface area contributed by atoms with Crippen molar-refractivity contribution < 1.29 is 4.79 Å². The van der Waals surface area contributed by atoms with Gasteiger partial charge in [0.05, 0.1) is 11.7 Å². The van der Waals surface area contributed by atoms with Gasteiger partial charge in [-0.3, -0.25) is 9.80 Å². The molecule has 0 unspecified atom stereocenters. The molecule has 1 atom stereocenters. The van der Waals surface area contributed by atoms with Gasteiger partial charge in [-0.15, -0.1) is 0 Å². The van der Waals surface area contributed by atoms with Gasteiger partial charge in [0.1, 0.15) is 0 Å². The standard InChI is InChI=1S/C23H29ClN6O/c1-16-10-13-29(27-16)14-11-21(31)30-12-4-5-20(30)22-19(15-25-23(26-22)28(2)3)17-6-8-18(24)9-7-17/h6-9,15,20H,4-5,10-14H2,1-3H3/t20-/m0/s1. The largest absolute Gasteiger partial charge is 0.347 e. The number of hydrogen-bond donors (Lipinski definition) is 0. The van der Waals surface area contributed by atoms with Gasteiger partial charge in [0.25, 0.3) is 0 Å². The molecule has 0 N–H and O–H groups in total. The average Bonchev–Trinajstić information content (AvgIpc) is 3.41. The Hall–Kier alpha value is -2.67. The van der Waals surface area contributed by atoms with E-state index in [0.29, 0.717) is 23.9 Å². The minimum absolute atomic E-state index is 0.0521. The Balaban J connectivity index is 1.60. The highest BCUT2D eigenvalue weighted by Gasteiger charge is 2.33. The van der Waals surface area contributed by atoms with Crippen LogP contribution in [0.25, 0.3) is 11.1 Å². The highest BCUT2D eigenvalue weighted by Crippen LogP contribution is 2.37. The molecule has 1 fully saturated rings. The highest BCUT2D eigenvalue weighted by atomic mass is 35.5. The number of amides is 1. The molecule has 8 heteroatoms. The maximum Gasteiger partial charge on any atom is 0.225 e. The SMILES string of the molecule is CC1=NN(CCC(=O)N2CCC[C@H]2c2nc(N(C)C)ncc2-c2ccc(Cl)cc2)CC1. The first-order chi connectivity index (χ1) is 14.9. The molecule has 7 nitrogen and oxygen atoms in total. The van der Waals surface area contributed by atoms with Crippen molar-refractivity contribution in [3.05, 3.63) is 41.2 Å². The molecule has 4 rings (SSSR count). The van der Waals surface area contributed by atoms with E-state index in [1.807, 2.05) is 66.3 Å². The highest BCUT2D eigenvalue weighted by molar-refractivity contribution is 6.30. The van der Waals surface area contributed by atoms with Gasteiger partial charge < -0.3 is 9.80 Å². The van der Waals surface area contributed by atoms with Crippen molar-refractivity contribution in [1.82, 2.24) is 19.9 Å². The summed E-state index contributed by atoms with van der Waals surface area (Å²) in [6.45, 7) is 4.36. The van der Waals surface area contributed by atoms with Crippen molar-refractivity contribution in [2.75, 3.05) is 38.6 Å². The van der Waals surface area contributed by atoms with Gasteiger partial charge in [0, 0.05) is 69.1 Å². The van der Waals surface area contributed by atoms with Crippen LogP contribution >= 0.6 is 11.6 Å². The van der Waals surface area contributed by atoms with Crippen molar-refractivity contribution in [2.45, 2.75) is 38.6 Å². The molecule has 0 saturated carbocycles. The van der Waals surface area contributed by atoms with Gasteiger partial charge in [-0.1, -0.05) is 23.7 Å². The molecule has 0 radical (unpaired) electrons. The number of nitrogens with zero attached hydrogens (tertiary/aromatic N) is 6. The van der Waals surface area contributed by atoms with Gasteiger partial charge in [0.15, 0.2) is 0 Å². The molecule has 2 aliphatic rings. The number of anilines is 1. The number of aromatic nitrogens is 2. The number of hydrogen-bond acceptors (Lipinski definition) is 6. The number of benzene rings is 1. The molecule has 0 aliphatic carbocycles. The minimum Gasteiger partial charge on any atom is -0.347 e. The monoisotopic (exact) mass is 440 g/mol. The smallest absolute Gasteiger partial charge is 0.225 e. The molecule has 2 aromatic rings. The molecule has 0 bridgehead atoms. The number of halogens is 1. The van der Waals surface area contributed by atoms with Gasteiger partial charge in [-0.2, -0.15) is 5.10 Å². The van der Waals surface area contributed by atoms with E-state index in [1.54, 1.807) is 0 Å². The number of hydrazone groups is 1. The maximum absolute atomic E-state index is 13.2. The van der Waals surface area contributed by atoms with Gasteiger partial charge in [-0.25, -0.2) is 9.97 Å². The maximum atomic E-state index is 13.2. The molecule has 1 saturated heterocycles. The average molecular weight is 441 g/mol. The predicted molar refractivity (Wildman–Crippen MR) is 124 cm³/mol. The molecule has 1 aromatic heterocycles. The summed E-state index contributed by atoms with van der Waals surface area (Å²) in [7, 11) is 3.86. The van der Waals surface area contributed by atoms with Crippen molar-refractivity contribution in [2.24, 2.45) is 5.10 Å². The molecular weight excluding hydrogens is 412 g/mol. The Bertz CT molecular complexity index is 975. The van der Waals surface area contributed by atoms with E-state index >= 15 is 0 Å². The number of rotatable bonds is 6. The van der Waals surface area contributed by atoms with E-state index in [-0.39, 0.29) is 11.9 Å². The fourth-order valence-corrected chi connectivity index (χ4v) is 4.34. The topological polar surface area (TPSA) is 64.9 Å². The zero-order valence-corrected chi connectivity index (χ0v) is 19.1. The fourth-order valence-electron chi connectivity index (χ4n) is 4.22. The fraction of sp³-hybridized carbons (Fsp3) is 0.478. The Labute approximate surface area is 188 Å². The first-order valence-electron chi connectivity index (χ1n) is 10.8. The molecular formula is C23H29ClN6O. The third-order valence-corrected chi connectivity index (χ3v) is 6.13. The lowest BCUT2D eigenvalue weighted by Crippen LogP contribution is -2.33. The van der Waals surface area contributed by atoms with Crippen LogP contribution in [0.1, 0.15) is 44.3 Å². The lowest BCUT2D eigenvalue weighted by molar-refractivity contribution is -0.132. The van der Waals surface area contributed by atoms with Crippen molar-refractivity contribution in [1.29, 1.82) is 0 Å². The minimum atomic E-state index is -0.0521. The van der Waals surface area contributed by atoms with E-state index in [1.165, 1.54) is 0 Å². The summed E-state index contributed by atoms with van der Waals surface area (Å²) >= 11 is 6.09. The second-order valence-corrected chi connectivity index (χ2v) is 8.84. The Morgan fingerprint density at radius 3 is 2.68 bits per heavy atom. The molecule has 164 valence electrons. The van der Waals surface area contributed by atoms with E-state index in [2.05, 4.69) is 10.1 Å². The summed E-state index contributed by atoms with van der Waals surface area (Å²) in [6, 6.07) is 7.65. The van der Waals surface area contributed by atoms with Crippen molar-refractivity contribution >= 4 is 29.2 Å². The van der Waals surface area contributed by atoms with Crippen LogP contribution in [0.4, 0.5) is 5.95 Å². The Morgan fingerprint density at radius 1 is 1.23 bits per heavy atom. The molecule has 3 heterocycles. The molecule has 2 aliphatic heterocycles. The van der Waals surface area contributed by atoms with Gasteiger partial charge >= 0.3 is 0 Å². The number of carbonyl (C=O) groups is 1. The summed E-state index contributed by atoms with van der Waals surface area (Å²) in [4.78, 5) is 26.5. The second kappa shape index (κ2) is 9.22. The Morgan fingerprint density at radius 2 is 2.00 bits per heavy atom. The van der Waals surface area contributed by atoms with Gasteiger partial charge in [0.2, 0.25) is 11.9 Å². The van der Waals surface area contributed by atoms with Crippen LogP contribution < -0.4 is 4.90 Å². The summed E-state index contributed by atoms with van der Waals surface area (Å²) in [6.07, 6.45) is 5.19. The van der Waals surface area contributed by atoms with Crippen LogP contribution in [0, 0.1) is 0 Å². The van der Waals surface area contributed by atoms with E-state index in [0.717, 1.165) is 54.9 Å². The molecule has 31 heavy (non-hydrogen) atoms. The van der Waals surface area contributed by atoms with Crippen LogP contribution in [0.15, 0.2) is 35.6 Å². The third-order valence-electron chi connectivity index (χ3n) is 5.88. The lowest BCUT2D eigenvalue weighted by atomic mass is 9.99. The van der Waals surface area contributed by atoms with Crippen molar-refractivity contribution in [3.8, 4) is 11.1 Å². The summed E-state index contributed by atoms with van der Waals surface area (Å²) < 4.78 is 0. The second-order valence-electron chi connectivity index (χ2n) is 8.40. The Kier molecular flexibility index (Phi) is 6.41. The lowest BCUT2D eigenvalue weighted by Gasteiger charge is -2.27. The normalized spacial score (nSPS) is 18.5. The quantitative estimate of drug-likeness (QED) is 0.679. The molecule has 1 aromatic carbocycles. The summed E-state index contributed by atoms with van der Waals surface area (Å²) in [5, 5.41) is 7.19. The van der Waals surface area contributed by atoms with Crippen LogP contribution in [-0.4, -0.2) is 65.2 Å². The van der Waals surface area contributed by atoms with Crippen LogP contribution in [-0.2, 0) is 4.79 Å². The molecule has 1 amide bonds. The summed E-state index contributed by atoms with van der Waals surface area (Å²) in [5.74, 6) is 0.809. The van der Waals surface area contributed by atoms with E-state index in [9.17, 15) is 4.79 Å². The third kappa shape index (κ3) is 4.82. The van der Waals surface area contributed by atoms with Crippen LogP contribution in [0.3, 0.4) is 0 Å². The van der Waals surface area contributed by atoms with Crippen molar-refractivity contribution in [3.63, 3.8) is 0 Å².